The first-order valence-corrected chi connectivity index (χ1v) is 23.3. The minimum atomic E-state index is -3.40. The summed E-state index contributed by atoms with van der Waals surface area (Å²) in [5.41, 5.74) is 5.04. The quantitative estimate of drug-likeness (QED) is 0.0988. The van der Waals surface area contributed by atoms with Crippen molar-refractivity contribution in [2.24, 2.45) is 5.73 Å². The van der Waals surface area contributed by atoms with Gasteiger partial charge in [0.05, 0.1) is 26.1 Å². The van der Waals surface area contributed by atoms with Gasteiger partial charge in [-0.3, -0.25) is 14.4 Å². The first-order chi connectivity index (χ1) is 21.5. The number of nitrogens with zero attached hydrogens (tertiary/aromatic N) is 1. The molecule has 1 aliphatic heterocycles. The molecule has 2 aromatic rings. The van der Waals surface area contributed by atoms with E-state index in [0.29, 0.717) is 11.5 Å². The van der Waals surface area contributed by atoms with E-state index in [9.17, 15) is 22.1 Å². The highest BCUT2D eigenvalue weighted by atomic mass is 32.2. The van der Waals surface area contributed by atoms with Crippen LogP contribution in [0.5, 0.6) is 11.5 Å². The molecule has 48 heavy (non-hydrogen) atoms. The van der Waals surface area contributed by atoms with Crippen LogP contribution in [-0.2, 0) is 28.0 Å². The largest absolute Gasteiger partial charge is 0.515 e. The van der Waals surface area contributed by atoms with Crippen molar-refractivity contribution < 1.29 is 45.6 Å². The van der Waals surface area contributed by atoms with Gasteiger partial charge < -0.3 is 34.1 Å². The summed E-state index contributed by atoms with van der Waals surface area (Å²) in [5.74, 6) is 1.09. The molecule has 5 unspecified atom stereocenters. The Bertz CT molecular complexity index is 1350. The maximum Gasteiger partial charge on any atom is 0.515 e. The summed E-state index contributed by atoms with van der Waals surface area (Å²) >= 11 is 0. The Kier molecular flexibility index (Phi) is 23.2. The van der Waals surface area contributed by atoms with Gasteiger partial charge in [0.1, 0.15) is 26.1 Å². The van der Waals surface area contributed by atoms with Crippen molar-refractivity contribution in [2.75, 3.05) is 59.3 Å². The Morgan fingerprint density at radius 3 is 1.44 bits per heavy atom. The Labute approximate surface area is 288 Å². The van der Waals surface area contributed by atoms with E-state index in [2.05, 4.69) is 14.4 Å². The van der Waals surface area contributed by atoms with Crippen molar-refractivity contribution in [3.05, 3.63) is 60.7 Å². The second-order valence-electron chi connectivity index (χ2n) is 11.8. The van der Waals surface area contributed by atoms with Crippen molar-refractivity contribution in [1.82, 2.24) is 14.8 Å². The standard InChI is InChI=1S/C15H16NO3P.C6H16NO4PS.C5H14NO2P.C3H9NO.CH4/c1-13-12-16(13)20(17,18-14-8-4-2-5-9-14)19-15-10-6-3-7-11-15;1-6(7-12(2,3)8)5-11-13(4,9)10;1-5(4-7)6-9(2,3)8;1-3(4)2-5;/h2-11,13H,12H2,1H3;6H,5H2,1-4H3,(H,7,8);5,7H,4H2,1-3H3,(H,6,8);3,5H,2,4H2,1H3;1H4. The highest BCUT2D eigenvalue weighted by Crippen LogP contribution is 2.57. The molecule has 0 bridgehead atoms. The summed E-state index contributed by atoms with van der Waals surface area (Å²) in [5, 5.41) is 22.1. The Hall–Kier alpha value is -1.60. The number of rotatable bonds is 14. The van der Waals surface area contributed by atoms with Crippen LogP contribution >= 0.6 is 22.3 Å². The average Bonchev–Trinajstić information content (AvgIpc) is 3.69. The average molecular weight is 761 g/mol. The molecule has 2 aromatic carbocycles. The van der Waals surface area contributed by atoms with Crippen molar-refractivity contribution in [1.29, 1.82) is 0 Å². The van der Waals surface area contributed by atoms with Gasteiger partial charge in [0.15, 0.2) is 0 Å². The predicted octanol–water partition coefficient (Wildman–Crippen LogP) is 4.89. The fourth-order valence-corrected chi connectivity index (χ4v) is 7.96. The fourth-order valence-electron chi connectivity index (χ4n) is 3.28. The molecule has 0 amide bonds. The number of para-hydroxylation sites is 2. The number of aliphatic hydroxyl groups excluding tert-OH is 2. The molecule has 0 aromatic heterocycles. The summed E-state index contributed by atoms with van der Waals surface area (Å²) in [6, 6.07) is 18.1. The molecule has 5 atom stereocenters. The van der Waals surface area contributed by atoms with Gasteiger partial charge in [0.2, 0.25) is 0 Å². The molecule has 0 saturated carbocycles. The van der Waals surface area contributed by atoms with E-state index < -0.39 is 32.4 Å². The smallest absolute Gasteiger partial charge is 0.404 e. The van der Waals surface area contributed by atoms with Gasteiger partial charge in [-0.05, 0) is 52.0 Å². The van der Waals surface area contributed by atoms with Crippen LogP contribution in [0.3, 0.4) is 0 Å². The number of hydrogen-bond acceptors (Lipinski definition) is 11. The second kappa shape index (κ2) is 23.0. The third-order valence-electron chi connectivity index (χ3n) is 5.23. The van der Waals surface area contributed by atoms with Crippen LogP contribution in [0.1, 0.15) is 35.1 Å². The maximum atomic E-state index is 13.0. The van der Waals surface area contributed by atoms with Crippen LogP contribution in [0.2, 0.25) is 0 Å². The van der Waals surface area contributed by atoms with Crippen molar-refractivity contribution in [3.63, 3.8) is 0 Å². The molecule has 14 nitrogen and oxygen atoms in total. The third-order valence-corrected chi connectivity index (χ3v) is 9.98. The van der Waals surface area contributed by atoms with Gasteiger partial charge in [-0.2, -0.15) is 13.1 Å². The number of benzene rings is 2. The van der Waals surface area contributed by atoms with E-state index in [1.165, 1.54) is 0 Å². The van der Waals surface area contributed by atoms with Crippen LogP contribution in [0.4, 0.5) is 0 Å². The summed E-state index contributed by atoms with van der Waals surface area (Å²) in [7, 11) is -11.2. The molecule has 280 valence electrons. The van der Waals surface area contributed by atoms with Gasteiger partial charge in [-0.1, -0.05) is 43.8 Å². The van der Waals surface area contributed by atoms with Crippen molar-refractivity contribution in [2.45, 2.75) is 59.3 Å². The first kappa shape index (κ1) is 48.5. The minimum Gasteiger partial charge on any atom is -0.404 e. The zero-order valence-electron chi connectivity index (χ0n) is 28.8. The topological polar surface area (TPSA) is 207 Å². The first-order valence-electron chi connectivity index (χ1n) is 14.8. The van der Waals surface area contributed by atoms with Crippen LogP contribution < -0.4 is 25.0 Å². The lowest BCUT2D eigenvalue weighted by Crippen LogP contribution is -2.28. The summed E-state index contributed by atoms with van der Waals surface area (Å²) < 4.78 is 74.0. The normalized spacial score (nSPS) is 17.6. The number of aliphatic hydroxyl groups is 2. The molecule has 0 aliphatic carbocycles. The molecular weight excluding hydrogens is 701 g/mol. The molecule has 3 rings (SSSR count). The lowest BCUT2D eigenvalue weighted by Gasteiger charge is -2.20. The molecule has 18 heteroatoms. The molecular formula is C30H59N4O10P3S. The summed E-state index contributed by atoms with van der Waals surface area (Å²) in [6.45, 7) is 14.5. The van der Waals surface area contributed by atoms with Crippen molar-refractivity contribution in [3.8, 4) is 11.5 Å². The van der Waals surface area contributed by atoms with E-state index in [1.54, 1.807) is 76.4 Å². The monoisotopic (exact) mass is 760 g/mol. The number of nitrogens with one attached hydrogen (secondary N) is 2. The SMILES string of the molecule is C.CC(CO)NP(C)(C)=O.CC(COS(C)(=O)=O)NP(C)(C)=O.CC(N)CO.CC1CN1P(=O)(Oc1ccccc1)Oc1ccccc1. The van der Waals surface area contributed by atoms with E-state index in [1.807, 2.05) is 43.3 Å². The Morgan fingerprint density at radius 1 is 0.833 bits per heavy atom. The van der Waals surface area contributed by atoms with E-state index in [-0.39, 0.29) is 51.4 Å². The molecule has 1 fully saturated rings. The second-order valence-corrected chi connectivity index (χ2v) is 21.2. The van der Waals surface area contributed by atoms with Gasteiger partial charge >= 0.3 is 7.75 Å². The fraction of sp³-hybridized carbons (Fsp3) is 0.600. The molecule has 1 aliphatic rings. The lowest BCUT2D eigenvalue weighted by atomic mass is 10.3. The van der Waals surface area contributed by atoms with Crippen LogP contribution in [0.15, 0.2) is 60.7 Å². The van der Waals surface area contributed by atoms with Gasteiger partial charge in [0, 0.05) is 57.4 Å². The molecule has 0 radical (unpaired) electrons. The number of nitrogens with two attached hydrogens (primary N) is 1. The number of hydrogen-bond donors (Lipinski definition) is 5. The van der Waals surface area contributed by atoms with Crippen LogP contribution in [0.25, 0.3) is 0 Å². The maximum absolute atomic E-state index is 13.0. The molecule has 1 heterocycles. The van der Waals surface area contributed by atoms with Crippen LogP contribution in [-0.4, -0.2) is 107 Å². The lowest BCUT2D eigenvalue weighted by molar-refractivity contribution is 0.265. The van der Waals surface area contributed by atoms with Crippen LogP contribution in [0, 0.1) is 0 Å². The summed E-state index contributed by atoms with van der Waals surface area (Å²) in [6.07, 6.45) is 0.983. The Balaban J connectivity index is 0. The van der Waals surface area contributed by atoms with E-state index >= 15 is 0 Å². The third kappa shape index (κ3) is 26.3. The predicted molar refractivity (Wildman–Crippen MR) is 197 cm³/mol. The highest BCUT2D eigenvalue weighted by molar-refractivity contribution is 7.86. The van der Waals surface area contributed by atoms with Gasteiger partial charge in [-0.25, -0.2) is 4.57 Å². The molecule has 1 saturated heterocycles. The van der Waals surface area contributed by atoms with Gasteiger partial charge in [-0.15, -0.1) is 0 Å². The zero-order valence-corrected chi connectivity index (χ0v) is 32.3. The molecule has 0 spiro atoms. The minimum absolute atomic E-state index is 0. The zero-order chi connectivity index (χ0) is 36.5. The van der Waals surface area contributed by atoms with E-state index in [4.69, 9.17) is 25.0 Å². The summed E-state index contributed by atoms with van der Waals surface area (Å²) in [4.78, 5) is 0. The Morgan fingerprint density at radius 2 is 1.19 bits per heavy atom. The molecule has 6 N–H and O–H groups in total. The highest BCUT2D eigenvalue weighted by Gasteiger charge is 2.50. The van der Waals surface area contributed by atoms with Crippen molar-refractivity contribution >= 4 is 32.4 Å². The van der Waals surface area contributed by atoms with E-state index in [0.717, 1.165) is 12.8 Å². The van der Waals surface area contributed by atoms with Gasteiger partial charge in [0.25, 0.3) is 10.1 Å².